The Morgan fingerprint density at radius 3 is 1.94 bits per heavy atom. The molecule has 6 heteroatoms. The molecule has 0 aliphatic heterocycles. The average Bonchev–Trinajstić information content (AvgIpc) is 2.73. The van der Waals surface area contributed by atoms with Gasteiger partial charge in [-0.15, -0.1) is 0 Å². The average molecular weight is 451 g/mol. The fourth-order valence-electron chi connectivity index (χ4n) is 3.89. The smallest absolute Gasteiger partial charge is 0.308 e. The Morgan fingerprint density at radius 1 is 0.875 bits per heavy atom. The fraction of sp³-hybridized carbons (Fsp3) is 0.692. The summed E-state index contributed by atoms with van der Waals surface area (Å²) in [7, 11) is 1.44. The van der Waals surface area contributed by atoms with Crippen LogP contribution >= 0.6 is 0 Å². The maximum Gasteiger partial charge on any atom is 0.308 e. The van der Waals surface area contributed by atoms with E-state index in [0.717, 1.165) is 19.3 Å². The van der Waals surface area contributed by atoms with Crippen molar-refractivity contribution in [3.8, 4) is 17.2 Å². The minimum absolute atomic E-state index is 0.0282. The van der Waals surface area contributed by atoms with Crippen molar-refractivity contribution in [2.75, 3.05) is 7.11 Å². The molecule has 0 heterocycles. The molecule has 1 aromatic carbocycles. The lowest BCUT2D eigenvalue weighted by molar-refractivity contribution is -0.146. The van der Waals surface area contributed by atoms with Crippen molar-refractivity contribution in [3.05, 3.63) is 17.7 Å². The number of ether oxygens (including phenoxy) is 3. The van der Waals surface area contributed by atoms with Gasteiger partial charge in [-0.25, -0.2) is 0 Å². The van der Waals surface area contributed by atoms with E-state index in [0.29, 0.717) is 17.7 Å². The van der Waals surface area contributed by atoms with Gasteiger partial charge in [-0.1, -0.05) is 71.1 Å². The van der Waals surface area contributed by atoms with Crippen LogP contribution in [0, 0.1) is 0 Å². The highest BCUT2D eigenvalue weighted by Gasteiger charge is 2.19. The first kappa shape index (κ1) is 27.8. The molecule has 182 valence electrons. The largest absolute Gasteiger partial charge is 0.504 e. The molecule has 32 heavy (non-hydrogen) atoms. The third kappa shape index (κ3) is 12.0. The second-order valence-electron chi connectivity index (χ2n) is 8.49. The SMILES string of the molecule is CCCCCCCCCCCCCC(Cc1cc(OC(C)=O)cc(OC)c1O)OC(C)=O. The number of phenols is 1. The summed E-state index contributed by atoms with van der Waals surface area (Å²) < 4.78 is 15.8. The van der Waals surface area contributed by atoms with Crippen molar-refractivity contribution in [2.45, 2.75) is 110 Å². The zero-order chi connectivity index (χ0) is 23.8. The second kappa shape index (κ2) is 16.4. The van der Waals surface area contributed by atoms with Gasteiger partial charge in [0.15, 0.2) is 11.5 Å². The summed E-state index contributed by atoms with van der Waals surface area (Å²) in [5, 5.41) is 10.5. The van der Waals surface area contributed by atoms with Crippen LogP contribution in [0.1, 0.15) is 103 Å². The first-order valence-electron chi connectivity index (χ1n) is 12.1. The summed E-state index contributed by atoms with van der Waals surface area (Å²) in [6.07, 6.45) is 14.5. The Kier molecular flexibility index (Phi) is 14.2. The quantitative estimate of drug-likeness (QED) is 0.166. The van der Waals surface area contributed by atoms with Crippen molar-refractivity contribution in [1.29, 1.82) is 0 Å². The van der Waals surface area contributed by atoms with Crippen molar-refractivity contribution in [1.82, 2.24) is 0 Å². The molecule has 1 aromatic rings. The van der Waals surface area contributed by atoms with Gasteiger partial charge in [-0.2, -0.15) is 0 Å². The van der Waals surface area contributed by atoms with Gasteiger partial charge in [-0.3, -0.25) is 9.59 Å². The summed E-state index contributed by atoms with van der Waals surface area (Å²) in [5.41, 5.74) is 0.523. The summed E-state index contributed by atoms with van der Waals surface area (Å²) in [6.45, 7) is 4.95. The van der Waals surface area contributed by atoms with Crippen LogP contribution in [0.2, 0.25) is 0 Å². The summed E-state index contributed by atoms with van der Waals surface area (Å²) in [4.78, 5) is 22.9. The number of benzene rings is 1. The topological polar surface area (TPSA) is 82.1 Å². The van der Waals surface area contributed by atoms with Crippen LogP contribution in [0.3, 0.4) is 0 Å². The summed E-state index contributed by atoms with van der Waals surface area (Å²) in [6, 6.07) is 3.06. The molecule has 1 atom stereocenters. The van der Waals surface area contributed by atoms with E-state index in [2.05, 4.69) is 6.92 Å². The summed E-state index contributed by atoms with van der Waals surface area (Å²) in [5.74, 6) is -0.324. The van der Waals surface area contributed by atoms with Crippen molar-refractivity contribution in [3.63, 3.8) is 0 Å². The van der Waals surface area contributed by atoms with Crippen LogP contribution in [0.5, 0.6) is 17.2 Å². The molecule has 0 amide bonds. The lowest BCUT2D eigenvalue weighted by Crippen LogP contribution is -2.19. The number of esters is 2. The molecule has 0 bridgehead atoms. The number of rotatable bonds is 17. The van der Waals surface area contributed by atoms with Gasteiger partial charge < -0.3 is 19.3 Å². The molecule has 1 N–H and O–H groups in total. The Morgan fingerprint density at radius 2 is 1.44 bits per heavy atom. The third-order valence-electron chi connectivity index (χ3n) is 5.52. The van der Waals surface area contributed by atoms with Crippen molar-refractivity contribution < 1.29 is 28.9 Å². The van der Waals surface area contributed by atoms with Gasteiger partial charge in [0.2, 0.25) is 0 Å². The molecule has 0 radical (unpaired) electrons. The van der Waals surface area contributed by atoms with Gasteiger partial charge >= 0.3 is 11.9 Å². The number of aromatic hydroxyl groups is 1. The van der Waals surface area contributed by atoms with E-state index in [9.17, 15) is 14.7 Å². The Hall–Kier alpha value is -2.24. The first-order chi connectivity index (χ1) is 15.4. The van der Waals surface area contributed by atoms with E-state index >= 15 is 0 Å². The van der Waals surface area contributed by atoms with Gasteiger partial charge in [0.05, 0.1) is 7.11 Å². The maximum atomic E-state index is 11.6. The van der Waals surface area contributed by atoms with Crippen LogP contribution in [0.25, 0.3) is 0 Å². The van der Waals surface area contributed by atoms with Gasteiger partial charge in [-0.05, 0) is 18.9 Å². The predicted octanol–water partition coefficient (Wildman–Crippen LogP) is 6.50. The minimum atomic E-state index is -0.457. The first-order valence-corrected chi connectivity index (χ1v) is 12.1. The number of carbonyl (C=O) groups is 2. The van der Waals surface area contributed by atoms with E-state index < -0.39 is 5.97 Å². The Bertz CT molecular complexity index is 685. The molecule has 6 nitrogen and oxygen atoms in total. The second-order valence-corrected chi connectivity index (χ2v) is 8.49. The maximum absolute atomic E-state index is 11.6. The molecule has 0 saturated carbocycles. The monoisotopic (exact) mass is 450 g/mol. The van der Waals surface area contributed by atoms with Crippen LogP contribution in [0.15, 0.2) is 12.1 Å². The molecule has 0 fully saturated rings. The van der Waals surface area contributed by atoms with Crippen LogP contribution in [0.4, 0.5) is 0 Å². The lowest BCUT2D eigenvalue weighted by atomic mass is 10.00. The van der Waals surface area contributed by atoms with E-state index in [4.69, 9.17) is 14.2 Å². The zero-order valence-electron chi connectivity index (χ0n) is 20.4. The van der Waals surface area contributed by atoms with Gasteiger partial charge in [0.1, 0.15) is 11.9 Å². The Labute approximate surface area is 193 Å². The minimum Gasteiger partial charge on any atom is -0.504 e. The predicted molar refractivity (Wildman–Crippen MR) is 126 cm³/mol. The molecular weight excluding hydrogens is 408 g/mol. The Balaban J connectivity index is 2.51. The molecule has 0 saturated heterocycles. The molecule has 0 aromatic heterocycles. The van der Waals surface area contributed by atoms with E-state index in [1.165, 1.54) is 84.8 Å². The zero-order valence-corrected chi connectivity index (χ0v) is 20.4. The standard InChI is InChI=1S/C26H42O6/c1-5-6-7-8-9-10-11-12-13-14-15-16-23(31-20(2)27)17-22-18-24(32-21(3)28)19-25(30-4)26(22)29/h18-19,23,29H,5-17H2,1-4H3. The van der Waals surface area contributed by atoms with E-state index in [-0.39, 0.29) is 23.6 Å². The molecule has 1 unspecified atom stereocenters. The highest BCUT2D eigenvalue weighted by Crippen LogP contribution is 2.36. The van der Waals surface area contributed by atoms with Gasteiger partial charge in [0, 0.05) is 31.9 Å². The molecule has 0 aliphatic rings. The number of phenolic OH excluding ortho intramolecular Hbond substituents is 1. The van der Waals surface area contributed by atoms with Crippen LogP contribution in [-0.4, -0.2) is 30.3 Å². The van der Waals surface area contributed by atoms with Crippen molar-refractivity contribution in [2.24, 2.45) is 0 Å². The van der Waals surface area contributed by atoms with E-state index in [1.807, 2.05) is 0 Å². The molecule has 0 aliphatic carbocycles. The highest BCUT2D eigenvalue weighted by atomic mass is 16.5. The molecule has 0 spiro atoms. The number of unbranched alkanes of at least 4 members (excludes halogenated alkanes) is 10. The molecular formula is C26H42O6. The number of carbonyl (C=O) groups excluding carboxylic acids is 2. The number of hydrogen-bond donors (Lipinski definition) is 1. The number of hydrogen-bond acceptors (Lipinski definition) is 6. The van der Waals surface area contributed by atoms with Crippen LogP contribution in [-0.2, 0) is 20.7 Å². The fourth-order valence-corrected chi connectivity index (χ4v) is 3.89. The normalized spacial score (nSPS) is 11.8. The third-order valence-corrected chi connectivity index (χ3v) is 5.52. The summed E-state index contributed by atoms with van der Waals surface area (Å²) >= 11 is 0. The van der Waals surface area contributed by atoms with Gasteiger partial charge in [0.25, 0.3) is 0 Å². The van der Waals surface area contributed by atoms with E-state index in [1.54, 1.807) is 6.07 Å². The molecule has 1 rings (SSSR count). The highest BCUT2D eigenvalue weighted by molar-refractivity contribution is 5.70. The van der Waals surface area contributed by atoms with Crippen LogP contribution < -0.4 is 9.47 Å². The van der Waals surface area contributed by atoms with Crippen molar-refractivity contribution >= 4 is 11.9 Å². The number of methoxy groups -OCH3 is 1. The lowest BCUT2D eigenvalue weighted by Gasteiger charge is -2.19.